The van der Waals surface area contributed by atoms with Gasteiger partial charge in [0, 0.05) is 0 Å². The molecule has 0 amide bonds. The average molecular weight is 252 g/mol. The fourth-order valence-electron chi connectivity index (χ4n) is 3.53. The second-order valence-electron chi connectivity index (χ2n) is 6.36. The van der Waals surface area contributed by atoms with Gasteiger partial charge in [0.05, 0.1) is 0 Å². The average Bonchev–Trinajstić information content (AvgIpc) is 2.36. The maximum Gasteiger partial charge on any atom is -0.0152 e. The Bertz CT molecular complexity index is 230. The molecule has 0 bridgehead atoms. The molecular weight excluding hydrogens is 216 g/mol. The van der Waals surface area contributed by atoms with Crippen LogP contribution in [0.3, 0.4) is 0 Å². The quantitative estimate of drug-likeness (QED) is 0.405. The Kier molecular flexibility index (Phi) is 8.65. The zero-order valence-electron chi connectivity index (χ0n) is 14.0. The minimum atomic E-state index is 0.454. The van der Waals surface area contributed by atoms with Crippen molar-refractivity contribution in [1.29, 1.82) is 0 Å². The predicted molar refractivity (Wildman–Crippen MR) is 84.9 cm³/mol. The Labute approximate surface area is 116 Å². The Morgan fingerprint density at radius 2 is 1.56 bits per heavy atom. The van der Waals surface area contributed by atoms with E-state index in [2.05, 4.69) is 54.5 Å². The van der Waals surface area contributed by atoms with E-state index in [1.807, 2.05) is 0 Å². The molecule has 0 fully saturated rings. The summed E-state index contributed by atoms with van der Waals surface area (Å²) >= 11 is 0. The van der Waals surface area contributed by atoms with E-state index in [4.69, 9.17) is 0 Å². The van der Waals surface area contributed by atoms with Crippen LogP contribution in [-0.4, -0.2) is 0 Å². The SMILES string of the molecule is CC=C(C(CC)CC)C(CC)C(C)(C)CCCC. The van der Waals surface area contributed by atoms with Gasteiger partial charge in [-0.2, -0.15) is 0 Å². The van der Waals surface area contributed by atoms with Crippen molar-refractivity contribution in [3.05, 3.63) is 11.6 Å². The fraction of sp³-hybridized carbons (Fsp3) is 0.889. The van der Waals surface area contributed by atoms with Crippen LogP contribution in [0.4, 0.5) is 0 Å². The molecule has 0 spiro atoms. The second kappa shape index (κ2) is 8.77. The summed E-state index contributed by atoms with van der Waals surface area (Å²) in [6, 6.07) is 0. The maximum absolute atomic E-state index is 2.47. The number of unbranched alkanes of at least 4 members (excludes halogenated alkanes) is 1. The molecular formula is C18H36. The van der Waals surface area contributed by atoms with E-state index < -0.39 is 0 Å². The topological polar surface area (TPSA) is 0 Å². The summed E-state index contributed by atoms with van der Waals surface area (Å²) in [4.78, 5) is 0. The Morgan fingerprint density at radius 1 is 1.00 bits per heavy atom. The van der Waals surface area contributed by atoms with Crippen molar-refractivity contribution in [2.24, 2.45) is 17.3 Å². The van der Waals surface area contributed by atoms with Crippen molar-refractivity contribution >= 4 is 0 Å². The summed E-state index contributed by atoms with van der Waals surface area (Å²) in [5, 5.41) is 0. The Balaban J connectivity index is 5.02. The fourth-order valence-corrected chi connectivity index (χ4v) is 3.53. The van der Waals surface area contributed by atoms with Gasteiger partial charge in [-0.15, -0.1) is 0 Å². The standard InChI is InChI=1S/C18H36/c1-8-13-14-18(6,7)17(12-5)16(11-4)15(9-2)10-3/h11,15,17H,8-10,12-14H2,1-7H3. The molecule has 0 saturated carbocycles. The summed E-state index contributed by atoms with van der Waals surface area (Å²) in [5.74, 6) is 1.56. The lowest BCUT2D eigenvalue weighted by molar-refractivity contribution is 0.200. The molecule has 0 heteroatoms. The van der Waals surface area contributed by atoms with E-state index in [9.17, 15) is 0 Å². The summed E-state index contributed by atoms with van der Waals surface area (Å²) in [7, 11) is 0. The van der Waals surface area contributed by atoms with Gasteiger partial charge in [0.25, 0.3) is 0 Å². The van der Waals surface area contributed by atoms with E-state index in [0.29, 0.717) is 5.41 Å². The van der Waals surface area contributed by atoms with Crippen molar-refractivity contribution in [2.45, 2.75) is 87.0 Å². The molecule has 108 valence electrons. The van der Waals surface area contributed by atoms with Crippen molar-refractivity contribution in [3.8, 4) is 0 Å². The Hall–Kier alpha value is -0.260. The van der Waals surface area contributed by atoms with Crippen LogP contribution in [0, 0.1) is 17.3 Å². The first kappa shape index (κ1) is 17.7. The number of allylic oxidation sites excluding steroid dienone is 2. The van der Waals surface area contributed by atoms with Gasteiger partial charge in [-0.25, -0.2) is 0 Å². The van der Waals surface area contributed by atoms with Crippen molar-refractivity contribution in [2.75, 3.05) is 0 Å². The summed E-state index contributed by atoms with van der Waals surface area (Å²) in [5.41, 5.74) is 2.18. The molecule has 1 unspecified atom stereocenters. The molecule has 0 saturated heterocycles. The summed E-state index contributed by atoms with van der Waals surface area (Å²) in [6.45, 7) is 16.5. The van der Waals surface area contributed by atoms with Crippen LogP contribution >= 0.6 is 0 Å². The van der Waals surface area contributed by atoms with Gasteiger partial charge in [0.2, 0.25) is 0 Å². The third-order valence-corrected chi connectivity index (χ3v) is 4.72. The van der Waals surface area contributed by atoms with Crippen LogP contribution in [0.25, 0.3) is 0 Å². The minimum Gasteiger partial charge on any atom is -0.0879 e. The van der Waals surface area contributed by atoms with E-state index >= 15 is 0 Å². The molecule has 0 nitrogen and oxygen atoms in total. The van der Waals surface area contributed by atoms with E-state index in [1.54, 1.807) is 5.57 Å². The van der Waals surface area contributed by atoms with Gasteiger partial charge < -0.3 is 0 Å². The van der Waals surface area contributed by atoms with Crippen LogP contribution in [0.2, 0.25) is 0 Å². The van der Waals surface area contributed by atoms with E-state index in [0.717, 1.165) is 11.8 Å². The highest BCUT2D eigenvalue weighted by Crippen LogP contribution is 2.43. The first-order valence-electron chi connectivity index (χ1n) is 8.14. The number of hydrogen-bond donors (Lipinski definition) is 0. The minimum absolute atomic E-state index is 0.454. The predicted octanol–water partition coefficient (Wildman–Crippen LogP) is 6.61. The van der Waals surface area contributed by atoms with Crippen LogP contribution < -0.4 is 0 Å². The number of hydrogen-bond acceptors (Lipinski definition) is 0. The normalized spacial score (nSPS) is 15.2. The molecule has 0 rings (SSSR count). The van der Waals surface area contributed by atoms with E-state index in [-0.39, 0.29) is 0 Å². The lowest BCUT2D eigenvalue weighted by atomic mass is 9.67. The molecule has 18 heavy (non-hydrogen) atoms. The first-order chi connectivity index (χ1) is 8.48. The highest BCUT2D eigenvalue weighted by atomic mass is 14.4. The van der Waals surface area contributed by atoms with Gasteiger partial charge >= 0.3 is 0 Å². The molecule has 0 aromatic heterocycles. The Morgan fingerprint density at radius 3 is 1.89 bits per heavy atom. The zero-order valence-corrected chi connectivity index (χ0v) is 14.0. The van der Waals surface area contributed by atoms with E-state index in [1.165, 1.54) is 38.5 Å². The highest BCUT2D eigenvalue weighted by Gasteiger charge is 2.32. The largest absolute Gasteiger partial charge is 0.0879 e. The van der Waals surface area contributed by atoms with Crippen molar-refractivity contribution < 1.29 is 0 Å². The van der Waals surface area contributed by atoms with Gasteiger partial charge in [0.15, 0.2) is 0 Å². The summed E-state index contributed by atoms with van der Waals surface area (Å²) < 4.78 is 0. The lowest BCUT2D eigenvalue weighted by Gasteiger charge is -2.38. The molecule has 0 aromatic carbocycles. The zero-order chi connectivity index (χ0) is 14.2. The third kappa shape index (κ3) is 4.78. The van der Waals surface area contributed by atoms with Gasteiger partial charge in [-0.1, -0.05) is 66.0 Å². The molecule has 0 heterocycles. The summed E-state index contributed by atoms with van der Waals surface area (Å²) in [6.07, 6.45) is 10.3. The van der Waals surface area contributed by atoms with Gasteiger partial charge in [-0.3, -0.25) is 0 Å². The molecule has 0 N–H and O–H groups in total. The van der Waals surface area contributed by atoms with Gasteiger partial charge in [0.1, 0.15) is 0 Å². The smallest absolute Gasteiger partial charge is 0.0152 e. The highest BCUT2D eigenvalue weighted by molar-refractivity contribution is 5.13. The third-order valence-electron chi connectivity index (χ3n) is 4.72. The van der Waals surface area contributed by atoms with Crippen molar-refractivity contribution in [3.63, 3.8) is 0 Å². The molecule has 0 aliphatic heterocycles. The van der Waals surface area contributed by atoms with Crippen LogP contribution in [0.5, 0.6) is 0 Å². The maximum atomic E-state index is 2.47. The van der Waals surface area contributed by atoms with Crippen LogP contribution in [0.15, 0.2) is 11.6 Å². The molecule has 0 aliphatic rings. The van der Waals surface area contributed by atoms with Crippen molar-refractivity contribution in [1.82, 2.24) is 0 Å². The molecule has 1 atom stereocenters. The molecule has 0 aromatic rings. The number of rotatable bonds is 9. The first-order valence-corrected chi connectivity index (χ1v) is 8.14. The van der Waals surface area contributed by atoms with Crippen LogP contribution in [0.1, 0.15) is 87.0 Å². The molecule has 0 radical (unpaired) electrons. The lowest BCUT2D eigenvalue weighted by Crippen LogP contribution is -2.28. The second-order valence-corrected chi connectivity index (χ2v) is 6.36. The monoisotopic (exact) mass is 252 g/mol. The molecule has 0 aliphatic carbocycles. The van der Waals surface area contributed by atoms with Gasteiger partial charge in [-0.05, 0) is 49.9 Å². The van der Waals surface area contributed by atoms with Crippen LogP contribution in [-0.2, 0) is 0 Å².